The third-order valence-corrected chi connectivity index (χ3v) is 8.78. The lowest BCUT2D eigenvalue weighted by Crippen LogP contribution is -2.11. The van der Waals surface area contributed by atoms with Crippen LogP contribution in [0.4, 0.5) is 26.3 Å². The van der Waals surface area contributed by atoms with Gasteiger partial charge in [-0.05, 0) is 92.2 Å². The Morgan fingerprint density at radius 3 is 1.47 bits per heavy atom. The van der Waals surface area contributed by atoms with E-state index in [-0.39, 0.29) is 17.2 Å². The fraction of sp³-hybridized carbons (Fsp3) is 0.0488. The molecule has 240 valence electrons. The van der Waals surface area contributed by atoms with Gasteiger partial charge >= 0.3 is 12.4 Å². The van der Waals surface area contributed by atoms with Gasteiger partial charge in [0.2, 0.25) is 5.71 Å². The van der Waals surface area contributed by atoms with Crippen molar-refractivity contribution < 1.29 is 30.8 Å². The van der Waals surface area contributed by atoms with Crippen LogP contribution in [0.5, 0.6) is 0 Å². The normalized spacial score (nSPS) is 12.3. The summed E-state index contributed by atoms with van der Waals surface area (Å²) < 4.78 is 86.3. The van der Waals surface area contributed by atoms with Crippen molar-refractivity contribution in [3.63, 3.8) is 0 Å². The van der Waals surface area contributed by atoms with Crippen LogP contribution in [0.15, 0.2) is 144 Å². The number of pyridine rings is 1. The summed E-state index contributed by atoms with van der Waals surface area (Å²) >= 11 is 0. The number of benzene rings is 6. The average Bonchev–Trinajstić information content (AvgIpc) is 3.49. The molecule has 8 aromatic rings. The number of fused-ring (bicyclic) bond motifs is 4. The maximum atomic E-state index is 13.4. The Balaban J connectivity index is 1.06. The van der Waals surface area contributed by atoms with Crippen LogP contribution in [0.2, 0.25) is 0 Å². The van der Waals surface area contributed by atoms with Gasteiger partial charge in [-0.2, -0.15) is 26.3 Å². The molecule has 49 heavy (non-hydrogen) atoms. The minimum Gasteiger partial charge on any atom is -0.437 e. The van der Waals surface area contributed by atoms with Crippen molar-refractivity contribution >= 4 is 32.8 Å². The topological polar surface area (TPSA) is 26.0 Å². The second kappa shape index (κ2) is 11.4. The lowest BCUT2D eigenvalue weighted by molar-refractivity contribution is -0.143. The van der Waals surface area contributed by atoms with Crippen molar-refractivity contribution in [1.29, 1.82) is 0 Å². The van der Waals surface area contributed by atoms with E-state index in [0.717, 1.165) is 72.6 Å². The molecule has 0 aliphatic carbocycles. The summed E-state index contributed by atoms with van der Waals surface area (Å²) in [7, 11) is 0. The van der Waals surface area contributed by atoms with Crippen LogP contribution < -0.4 is 0 Å². The highest BCUT2D eigenvalue weighted by molar-refractivity contribution is 6.08. The highest BCUT2D eigenvalue weighted by Gasteiger charge is 2.37. The molecule has 2 nitrogen and oxygen atoms in total. The minimum atomic E-state index is -4.91. The van der Waals surface area contributed by atoms with E-state index in [1.54, 1.807) is 18.3 Å². The van der Waals surface area contributed by atoms with Crippen LogP contribution in [0.25, 0.3) is 77.3 Å². The molecule has 0 saturated carbocycles. The molecule has 0 amide bonds. The van der Waals surface area contributed by atoms with Crippen molar-refractivity contribution in [3.05, 3.63) is 151 Å². The Kier molecular flexibility index (Phi) is 7.07. The highest BCUT2D eigenvalue weighted by atomic mass is 19.4. The fourth-order valence-electron chi connectivity index (χ4n) is 6.28. The van der Waals surface area contributed by atoms with Gasteiger partial charge in [-0.3, -0.25) is 0 Å². The molecular formula is C41H23F6NO. The molecule has 0 aliphatic rings. The summed E-state index contributed by atoms with van der Waals surface area (Å²) in [5, 5.41) is 4.00. The van der Waals surface area contributed by atoms with Crippen molar-refractivity contribution in [2.24, 2.45) is 0 Å². The van der Waals surface area contributed by atoms with Crippen LogP contribution in [0, 0.1) is 0 Å². The number of aromatic nitrogens is 1. The summed E-state index contributed by atoms with van der Waals surface area (Å²) in [5.74, 6) is 0. The molecule has 0 saturated heterocycles. The van der Waals surface area contributed by atoms with E-state index in [1.807, 2.05) is 60.7 Å². The molecule has 0 fully saturated rings. The molecule has 6 aromatic carbocycles. The summed E-state index contributed by atoms with van der Waals surface area (Å²) in [6, 6.07) is 38.5. The predicted octanol–water partition coefficient (Wildman–Crippen LogP) is 12.8. The quantitative estimate of drug-likeness (QED) is 0.176. The van der Waals surface area contributed by atoms with Gasteiger partial charge in [0.25, 0.3) is 0 Å². The van der Waals surface area contributed by atoms with E-state index in [9.17, 15) is 26.3 Å². The van der Waals surface area contributed by atoms with Crippen molar-refractivity contribution in [3.8, 4) is 44.5 Å². The van der Waals surface area contributed by atoms with E-state index in [1.165, 1.54) is 12.1 Å². The molecule has 0 N–H and O–H groups in total. The third kappa shape index (κ3) is 5.69. The zero-order valence-electron chi connectivity index (χ0n) is 25.4. The van der Waals surface area contributed by atoms with Crippen molar-refractivity contribution in [1.82, 2.24) is 4.98 Å². The van der Waals surface area contributed by atoms with Crippen LogP contribution in [0.1, 0.15) is 11.1 Å². The number of furan rings is 1. The Hall–Kier alpha value is -5.89. The first-order chi connectivity index (χ1) is 23.5. The van der Waals surface area contributed by atoms with Gasteiger partial charge in [0.1, 0.15) is 5.58 Å². The number of hydrogen-bond donors (Lipinski definition) is 0. The standard InChI is InChI=1S/C41H23F6NO/c42-40(43,44)33-21-32(22-34(23-33)41(45,46)47)26-8-6-24(7-9-26)28-14-16-31-20-29(15-17-30(31)19-28)25-10-12-27(13-11-25)35-3-1-4-36-37-5-2-18-48-39(37)49-38(35)36/h1-23H. The SMILES string of the molecule is FC(F)(F)c1cc(-c2ccc(-c3ccc4cc(-c5ccc(-c6cccc7c6oc6ncccc67)cc5)ccc4c3)cc2)cc(C(F)(F)F)c1. The minimum absolute atomic E-state index is 0.135. The monoisotopic (exact) mass is 659 g/mol. The number of halogens is 6. The zero-order chi connectivity index (χ0) is 33.9. The average molecular weight is 660 g/mol. The number of hydrogen-bond acceptors (Lipinski definition) is 2. The molecule has 8 heteroatoms. The number of alkyl halides is 6. The zero-order valence-corrected chi connectivity index (χ0v) is 25.4. The predicted molar refractivity (Wildman–Crippen MR) is 181 cm³/mol. The molecule has 0 atom stereocenters. The Morgan fingerprint density at radius 1 is 0.429 bits per heavy atom. The maximum absolute atomic E-state index is 13.4. The van der Waals surface area contributed by atoms with Crippen LogP contribution >= 0.6 is 0 Å². The maximum Gasteiger partial charge on any atom is 0.416 e. The van der Waals surface area contributed by atoms with Gasteiger partial charge in [0.05, 0.1) is 11.1 Å². The van der Waals surface area contributed by atoms with Crippen LogP contribution in [0.3, 0.4) is 0 Å². The van der Waals surface area contributed by atoms with Crippen molar-refractivity contribution in [2.45, 2.75) is 12.4 Å². The smallest absolute Gasteiger partial charge is 0.416 e. The Labute approximate surface area is 275 Å². The number of para-hydroxylation sites is 1. The summed E-state index contributed by atoms with van der Waals surface area (Å²) in [6.07, 6.45) is -8.10. The summed E-state index contributed by atoms with van der Waals surface area (Å²) in [5.41, 5.74) is 4.57. The highest BCUT2D eigenvalue weighted by Crippen LogP contribution is 2.40. The summed E-state index contributed by atoms with van der Waals surface area (Å²) in [6.45, 7) is 0. The fourth-order valence-corrected chi connectivity index (χ4v) is 6.28. The molecule has 0 unspecified atom stereocenters. The van der Waals surface area contributed by atoms with E-state index in [4.69, 9.17) is 4.42 Å². The van der Waals surface area contributed by atoms with Gasteiger partial charge in [0.15, 0.2) is 0 Å². The molecule has 2 heterocycles. The third-order valence-electron chi connectivity index (χ3n) is 8.78. The van der Waals surface area contributed by atoms with Gasteiger partial charge < -0.3 is 4.42 Å². The van der Waals surface area contributed by atoms with E-state index >= 15 is 0 Å². The second-order valence-corrected chi connectivity index (χ2v) is 11.9. The number of nitrogens with zero attached hydrogens (tertiary/aromatic N) is 1. The molecule has 0 aliphatic heterocycles. The molecular weight excluding hydrogens is 636 g/mol. The van der Waals surface area contributed by atoms with E-state index in [2.05, 4.69) is 35.3 Å². The number of rotatable bonds is 4. The molecule has 0 spiro atoms. The largest absolute Gasteiger partial charge is 0.437 e. The first-order valence-corrected chi connectivity index (χ1v) is 15.3. The van der Waals surface area contributed by atoms with Gasteiger partial charge in [-0.25, -0.2) is 4.98 Å². The van der Waals surface area contributed by atoms with Gasteiger partial charge in [0, 0.05) is 22.5 Å². The van der Waals surface area contributed by atoms with E-state index in [0.29, 0.717) is 5.71 Å². The molecule has 2 aromatic heterocycles. The first-order valence-electron chi connectivity index (χ1n) is 15.3. The van der Waals surface area contributed by atoms with Crippen LogP contribution in [-0.4, -0.2) is 4.98 Å². The Bertz CT molecular complexity index is 2480. The lowest BCUT2D eigenvalue weighted by Gasteiger charge is -2.14. The second-order valence-electron chi connectivity index (χ2n) is 11.9. The van der Waals surface area contributed by atoms with Crippen LogP contribution in [-0.2, 0) is 12.4 Å². The molecule has 0 radical (unpaired) electrons. The lowest BCUT2D eigenvalue weighted by atomic mass is 9.95. The first kappa shape index (κ1) is 30.4. The molecule has 0 bridgehead atoms. The van der Waals surface area contributed by atoms with Gasteiger partial charge in [-0.1, -0.05) is 91.0 Å². The van der Waals surface area contributed by atoms with E-state index < -0.39 is 23.5 Å². The Morgan fingerprint density at radius 2 is 0.918 bits per heavy atom. The van der Waals surface area contributed by atoms with Gasteiger partial charge in [-0.15, -0.1) is 0 Å². The van der Waals surface area contributed by atoms with Crippen molar-refractivity contribution in [2.75, 3.05) is 0 Å². The molecule has 8 rings (SSSR count). The summed E-state index contributed by atoms with van der Waals surface area (Å²) in [4.78, 5) is 4.36.